The van der Waals surface area contributed by atoms with E-state index in [1.165, 1.54) is 51.0 Å². The first-order chi connectivity index (χ1) is 20.1. The maximum atomic E-state index is 12.0. The predicted molar refractivity (Wildman–Crippen MR) is 159 cm³/mol. The first kappa shape index (κ1) is 35.2. The molecule has 2 atom stereocenters. The molecule has 238 valence electrons. The molecular weight excluding hydrogens is 540 g/mol. The smallest absolute Gasteiger partial charge is 0.305 e. The van der Waals surface area contributed by atoms with Crippen LogP contribution in [0.5, 0.6) is 0 Å². The Labute approximate surface area is 251 Å². The molecule has 0 radical (unpaired) electrons. The number of carbonyl (C=O) groups is 4. The largest absolute Gasteiger partial charge is 0.469 e. The Morgan fingerprint density at radius 3 is 1.26 bits per heavy atom. The van der Waals surface area contributed by atoms with Gasteiger partial charge in [-0.1, -0.05) is 11.1 Å². The number of nitrogens with zero attached hydrogens (tertiary/aromatic N) is 2. The third kappa shape index (κ3) is 11.0. The maximum Gasteiger partial charge on any atom is 0.305 e. The van der Waals surface area contributed by atoms with Gasteiger partial charge in [0, 0.05) is 64.3 Å². The predicted octanol–water partition coefficient (Wildman–Crippen LogP) is 4.77. The summed E-state index contributed by atoms with van der Waals surface area (Å²) in [6, 6.07) is 0. The van der Waals surface area contributed by atoms with E-state index >= 15 is 0 Å². The van der Waals surface area contributed by atoms with Crippen LogP contribution in [0.25, 0.3) is 0 Å². The van der Waals surface area contributed by atoms with E-state index in [1.807, 2.05) is 0 Å². The second-order valence-electron chi connectivity index (χ2n) is 11.4. The summed E-state index contributed by atoms with van der Waals surface area (Å²) >= 11 is 0. The molecule has 2 aliphatic carbocycles. The van der Waals surface area contributed by atoms with Crippen molar-refractivity contribution in [3.63, 3.8) is 0 Å². The number of hydrogen-bond donors (Lipinski definition) is 0. The van der Waals surface area contributed by atoms with Gasteiger partial charge in [-0.2, -0.15) is 0 Å². The molecule has 42 heavy (non-hydrogen) atoms. The summed E-state index contributed by atoms with van der Waals surface area (Å²) in [4.78, 5) is 52.4. The van der Waals surface area contributed by atoms with Gasteiger partial charge in [-0.05, 0) is 76.0 Å². The van der Waals surface area contributed by atoms with Gasteiger partial charge >= 0.3 is 23.9 Å². The number of carbonyl (C=O) groups excluding carboxylic acids is 4. The summed E-state index contributed by atoms with van der Waals surface area (Å²) in [5.41, 5.74) is 4.98. The van der Waals surface area contributed by atoms with Crippen molar-refractivity contribution in [3.05, 3.63) is 22.5 Å². The Morgan fingerprint density at radius 2 is 0.929 bits per heavy atom. The molecule has 0 bridgehead atoms. The van der Waals surface area contributed by atoms with Crippen LogP contribution >= 0.6 is 0 Å². The van der Waals surface area contributed by atoms with Crippen LogP contribution in [-0.2, 0) is 38.1 Å². The lowest BCUT2D eigenvalue weighted by molar-refractivity contribution is -0.141. The fraction of sp³-hybridized carbons (Fsp3) is 0.750. The van der Waals surface area contributed by atoms with Crippen LogP contribution < -0.4 is 0 Å². The van der Waals surface area contributed by atoms with Crippen molar-refractivity contribution < 1.29 is 38.1 Å². The van der Waals surface area contributed by atoms with E-state index in [2.05, 4.69) is 23.9 Å². The van der Waals surface area contributed by atoms with Gasteiger partial charge in [0.15, 0.2) is 0 Å². The molecule has 0 fully saturated rings. The number of likely N-dealkylation sites (N-methyl/N-ethyl adjacent to an activating group) is 2. The van der Waals surface area contributed by atoms with Crippen LogP contribution in [0.2, 0.25) is 0 Å². The van der Waals surface area contributed by atoms with Crippen molar-refractivity contribution in [1.82, 2.24) is 9.80 Å². The average Bonchev–Trinajstić information content (AvgIpc) is 3.01. The summed E-state index contributed by atoms with van der Waals surface area (Å²) in [5, 5.41) is 0. The van der Waals surface area contributed by atoms with Gasteiger partial charge in [0.2, 0.25) is 0 Å². The van der Waals surface area contributed by atoms with E-state index in [4.69, 9.17) is 18.9 Å². The van der Waals surface area contributed by atoms with Gasteiger partial charge in [0.05, 0.1) is 28.4 Å². The Kier molecular flexibility index (Phi) is 15.5. The van der Waals surface area contributed by atoms with E-state index in [0.29, 0.717) is 51.4 Å². The molecule has 0 aromatic carbocycles. The highest BCUT2D eigenvalue weighted by Gasteiger charge is 2.29. The summed E-state index contributed by atoms with van der Waals surface area (Å²) < 4.78 is 19.6. The average molecular weight is 593 g/mol. The lowest BCUT2D eigenvalue weighted by Crippen LogP contribution is -2.36. The number of methoxy groups -OCH3 is 4. The molecule has 2 unspecified atom stereocenters. The van der Waals surface area contributed by atoms with Crippen molar-refractivity contribution in [1.29, 1.82) is 0 Å². The molecule has 0 aromatic heterocycles. The van der Waals surface area contributed by atoms with Gasteiger partial charge in [0.25, 0.3) is 0 Å². The molecule has 0 amide bonds. The molecule has 10 nitrogen and oxygen atoms in total. The highest BCUT2D eigenvalue weighted by molar-refractivity contribution is 5.70. The minimum absolute atomic E-state index is 0.208. The highest BCUT2D eigenvalue weighted by atomic mass is 16.5. The molecule has 2 aliphatic rings. The Bertz CT molecular complexity index is 911. The second kappa shape index (κ2) is 18.5. The highest BCUT2D eigenvalue weighted by Crippen LogP contribution is 2.39. The third-order valence-corrected chi connectivity index (χ3v) is 8.72. The van der Waals surface area contributed by atoms with Crippen molar-refractivity contribution in [2.24, 2.45) is 11.8 Å². The maximum absolute atomic E-state index is 12.0. The summed E-state index contributed by atoms with van der Waals surface area (Å²) in [6.45, 7) is 1.50. The molecule has 2 rings (SSSR count). The van der Waals surface area contributed by atoms with Crippen molar-refractivity contribution >= 4 is 23.9 Å². The zero-order valence-corrected chi connectivity index (χ0v) is 26.6. The van der Waals surface area contributed by atoms with E-state index in [-0.39, 0.29) is 35.7 Å². The standard InChI is InChI=1S/C32H52N2O8/c1-33(31-23(13-17-27(35)39-3)9-7-10-24(31)14-18-28(36)40-4)21-22-34(2)32-25(15-19-29(37)41-5)11-8-12-26(32)16-20-30(38)42-6/h23,25H,7-22H2,1-6H3. The SMILES string of the molecule is COC(=O)CCC1=C(N(C)CCN(C)C2=C(CCC(=O)OC)CCCC2CCC(=O)OC)C(CCC(=O)OC)CCC1. The number of hydrogen-bond acceptors (Lipinski definition) is 10. The Balaban J connectivity index is 2.27. The zero-order chi connectivity index (χ0) is 31.1. The van der Waals surface area contributed by atoms with Crippen LogP contribution in [0.1, 0.15) is 89.9 Å². The molecule has 0 saturated heterocycles. The molecule has 0 spiro atoms. The van der Waals surface area contributed by atoms with E-state index in [9.17, 15) is 19.2 Å². The molecule has 0 N–H and O–H groups in total. The molecule has 0 aromatic rings. The van der Waals surface area contributed by atoms with E-state index < -0.39 is 0 Å². The fourth-order valence-electron chi connectivity index (χ4n) is 6.50. The number of allylic oxidation sites excluding steroid dienone is 4. The normalized spacial score (nSPS) is 18.8. The van der Waals surface area contributed by atoms with Crippen LogP contribution in [0.3, 0.4) is 0 Å². The van der Waals surface area contributed by atoms with Crippen LogP contribution in [0.15, 0.2) is 22.5 Å². The van der Waals surface area contributed by atoms with Crippen molar-refractivity contribution in [2.75, 3.05) is 55.6 Å². The van der Waals surface area contributed by atoms with Gasteiger partial charge < -0.3 is 28.7 Å². The lowest BCUT2D eigenvalue weighted by Gasteiger charge is -2.39. The lowest BCUT2D eigenvalue weighted by atomic mass is 9.81. The molecule has 10 heteroatoms. The van der Waals surface area contributed by atoms with Crippen LogP contribution in [0.4, 0.5) is 0 Å². The monoisotopic (exact) mass is 592 g/mol. The van der Waals surface area contributed by atoms with E-state index in [0.717, 1.165) is 51.6 Å². The number of esters is 4. The van der Waals surface area contributed by atoms with Gasteiger partial charge in [0.1, 0.15) is 0 Å². The number of rotatable bonds is 17. The summed E-state index contributed by atoms with van der Waals surface area (Å²) in [5.74, 6) is -0.415. The molecule has 0 aliphatic heterocycles. The minimum atomic E-state index is -0.220. The molecule has 0 saturated carbocycles. The molecular formula is C32H52N2O8. The first-order valence-electron chi connectivity index (χ1n) is 15.3. The summed E-state index contributed by atoms with van der Waals surface area (Å²) in [6.07, 6.45) is 10.0. The van der Waals surface area contributed by atoms with Crippen molar-refractivity contribution in [3.8, 4) is 0 Å². The number of ether oxygens (including phenoxy) is 4. The quantitative estimate of drug-likeness (QED) is 0.173. The topological polar surface area (TPSA) is 112 Å². The third-order valence-electron chi connectivity index (χ3n) is 8.72. The Morgan fingerprint density at radius 1 is 0.595 bits per heavy atom. The molecule has 0 heterocycles. The minimum Gasteiger partial charge on any atom is -0.469 e. The Hall–Kier alpha value is -3.04. The van der Waals surface area contributed by atoms with E-state index in [1.54, 1.807) is 0 Å². The van der Waals surface area contributed by atoms with Gasteiger partial charge in [-0.25, -0.2) is 0 Å². The first-order valence-corrected chi connectivity index (χ1v) is 15.3. The van der Waals surface area contributed by atoms with Gasteiger partial charge in [-0.3, -0.25) is 19.2 Å². The fourth-order valence-corrected chi connectivity index (χ4v) is 6.50. The second-order valence-corrected chi connectivity index (χ2v) is 11.4. The summed E-state index contributed by atoms with van der Waals surface area (Å²) in [7, 11) is 9.86. The van der Waals surface area contributed by atoms with Gasteiger partial charge in [-0.15, -0.1) is 0 Å². The zero-order valence-electron chi connectivity index (χ0n) is 26.6. The van der Waals surface area contributed by atoms with Crippen LogP contribution in [-0.4, -0.2) is 89.3 Å². The van der Waals surface area contributed by atoms with Crippen molar-refractivity contribution in [2.45, 2.75) is 89.9 Å². The van der Waals surface area contributed by atoms with Crippen LogP contribution in [0, 0.1) is 11.8 Å².